The van der Waals surface area contributed by atoms with Crippen molar-refractivity contribution >= 4 is 15.9 Å². The zero-order chi connectivity index (χ0) is 18.1. The van der Waals surface area contributed by atoms with Gasteiger partial charge in [0.2, 0.25) is 0 Å². The normalized spacial score (nSPS) is 15.1. The van der Waals surface area contributed by atoms with E-state index in [9.17, 15) is 13.2 Å². The number of sulfonamides is 1. The Balaban J connectivity index is 1.51. The Labute approximate surface area is 161 Å². The molecule has 0 radical (unpaired) electrons. The van der Waals surface area contributed by atoms with Crippen molar-refractivity contribution in [1.82, 2.24) is 2.52 Å². The first kappa shape index (κ1) is 17.0. The van der Waals surface area contributed by atoms with E-state index in [1.54, 1.807) is 24.5 Å². The molecule has 3 aromatic rings. The number of hydrogen-bond donors (Lipinski definition) is 0. The zero-order valence-electron chi connectivity index (χ0n) is 13.3. The Bertz CT molecular complexity index is 1070. The van der Waals surface area contributed by atoms with Gasteiger partial charge in [-0.2, -0.15) is 0 Å². The zero-order valence-corrected chi connectivity index (χ0v) is 16.3. The second kappa shape index (κ2) is 6.69. The summed E-state index contributed by atoms with van der Waals surface area (Å²) in [6.07, 6.45) is 3.39. The van der Waals surface area contributed by atoms with E-state index in [4.69, 9.17) is 3.17 Å². The van der Waals surface area contributed by atoms with E-state index in [1.807, 2.05) is 42.5 Å². The topological polar surface area (TPSA) is 67.6 Å². The molecule has 8 heteroatoms. The van der Waals surface area contributed by atoms with Crippen LogP contribution in [0.1, 0.15) is 10.4 Å². The van der Waals surface area contributed by atoms with E-state index < -0.39 is 37.8 Å². The van der Waals surface area contributed by atoms with Crippen LogP contribution in [0.3, 0.4) is 0 Å². The van der Waals surface area contributed by atoms with Gasteiger partial charge >= 0.3 is 162 Å². The maximum absolute atomic E-state index is 12.5. The van der Waals surface area contributed by atoms with Gasteiger partial charge in [-0.05, 0) is 0 Å². The number of hydrogen-bond acceptors (Lipinski definition) is 4. The number of pyridine rings is 1. The number of aromatic nitrogens is 1. The number of amides is 1. The van der Waals surface area contributed by atoms with Crippen molar-refractivity contribution in [3.8, 4) is 11.1 Å². The van der Waals surface area contributed by atoms with Crippen LogP contribution in [0.2, 0.25) is 0 Å². The van der Waals surface area contributed by atoms with Crippen LogP contribution in [0.4, 0.5) is 0 Å². The molecule has 4 rings (SSSR count). The Kier molecular flexibility index (Phi) is 4.37. The van der Waals surface area contributed by atoms with Crippen LogP contribution in [0.25, 0.3) is 11.1 Å². The van der Waals surface area contributed by atoms with Crippen molar-refractivity contribution in [2.24, 2.45) is 0 Å². The summed E-state index contributed by atoms with van der Waals surface area (Å²) in [6.45, 7) is 0. The molecule has 1 aromatic heterocycles. The maximum atomic E-state index is 12.5. The van der Waals surface area contributed by atoms with E-state index in [1.165, 1.54) is 16.9 Å². The number of fused-ring (bicyclic) bond motifs is 1. The summed E-state index contributed by atoms with van der Waals surface area (Å²) in [6, 6.07) is 19.8. The van der Waals surface area contributed by atoms with Gasteiger partial charge in [0.25, 0.3) is 0 Å². The van der Waals surface area contributed by atoms with Gasteiger partial charge in [0.15, 0.2) is 0 Å². The average molecular weight is 480 g/mol. The predicted molar refractivity (Wildman–Crippen MR) is 88.5 cm³/mol. The first-order valence-corrected chi connectivity index (χ1v) is 10.9. The van der Waals surface area contributed by atoms with Crippen LogP contribution in [-0.4, -0.2) is 16.8 Å². The standard InChI is InChI=1S/C18H13IN2O4S/c22-18-16-8-4-5-9-17(16)26(23,24)21(18)19-25-20-12-10-15(11-13-20)14-6-2-1-3-7-14/h1-13H. The number of carbonyl (C=O) groups is 1. The third-order valence-electron chi connectivity index (χ3n) is 3.85. The summed E-state index contributed by atoms with van der Waals surface area (Å²) in [5, 5.41) is 0. The molecule has 1 amide bonds. The quantitative estimate of drug-likeness (QED) is 0.269. The van der Waals surface area contributed by atoms with Crippen LogP contribution >= 0.6 is 0 Å². The van der Waals surface area contributed by atoms with Crippen LogP contribution in [0.15, 0.2) is 84.0 Å². The summed E-state index contributed by atoms with van der Waals surface area (Å²) in [7, 11) is -3.82. The first-order chi connectivity index (χ1) is 12.6. The fraction of sp³-hybridized carbons (Fsp3) is 0. The fourth-order valence-corrected chi connectivity index (χ4v) is 6.33. The number of carbonyl (C=O) groups excluding carboxylic acids is 1. The van der Waals surface area contributed by atoms with E-state index in [2.05, 4.69) is 0 Å². The van der Waals surface area contributed by atoms with Gasteiger partial charge in [0, 0.05) is 0 Å². The molecule has 26 heavy (non-hydrogen) atoms. The Hall–Kier alpha value is -2.46. The molecule has 0 saturated carbocycles. The summed E-state index contributed by atoms with van der Waals surface area (Å²) in [4.78, 5) is 12.4. The summed E-state index contributed by atoms with van der Waals surface area (Å²) < 4.78 is 32.8. The van der Waals surface area contributed by atoms with Crippen molar-refractivity contribution < 1.29 is 43.0 Å². The molecule has 0 N–H and O–H groups in total. The summed E-state index contributed by atoms with van der Waals surface area (Å²) in [5.41, 5.74) is 2.28. The second-order valence-electron chi connectivity index (χ2n) is 5.47. The van der Waals surface area contributed by atoms with Gasteiger partial charge in [-0.15, -0.1) is 0 Å². The molecule has 0 atom stereocenters. The van der Waals surface area contributed by atoms with Crippen molar-refractivity contribution in [1.29, 1.82) is 0 Å². The van der Waals surface area contributed by atoms with Crippen LogP contribution in [0.5, 0.6) is 0 Å². The minimum absolute atomic E-state index is 0.0396. The molecule has 0 saturated heterocycles. The predicted octanol–water partition coefficient (Wildman–Crippen LogP) is -1.17. The molecular formula is C18H13IN2O4S. The van der Waals surface area contributed by atoms with Gasteiger partial charge < -0.3 is 0 Å². The van der Waals surface area contributed by atoms with Crippen molar-refractivity contribution in [2.45, 2.75) is 4.90 Å². The molecule has 2 aromatic carbocycles. The molecule has 6 nitrogen and oxygen atoms in total. The molecule has 0 aliphatic carbocycles. The van der Waals surface area contributed by atoms with Gasteiger partial charge in [0.1, 0.15) is 0 Å². The Morgan fingerprint density at radius 2 is 1.46 bits per heavy atom. The van der Waals surface area contributed by atoms with Gasteiger partial charge in [0.05, 0.1) is 0 Å². The van der Waals surface area contributed by atoms with Crippen LogP contribution < -0.4 is 29.8 Å². The SMILES string of the molecule is O=C1c2ccccc2S(=O)(=O)N1[I-]O[n+]1ccc(-c2ccccc2)cc1. The summed E-state index contributed by atoms with van der Waals surface area (Å²) >= 11 is -1.54. The van der Waals surface area contributed by atoms with Crippen molar-refractivity contribution in [3.63, 3.8) is 0 Å². The molecule has 1 aliphatic heterocycles. The molecule has 0 fully saturated rings. The van der Waals surface area contributed by atoms with Crippen molar-refractivity contribution in [2.75, 3.05) is 0 Å². The van der Waals surface area contributed by atoms with Crippen LogP contribution in [-0.2, 0) is 10.0 Å². The molecule has 1 aliphatic rings. The Morgan fingerprint density at radius 1 is 0.846 bits per heavy atom. The number of halogens is 1. The minimum atomic E-state index is -3.82. The second-order valence-corrected chi connectivity index (χ2v) is 9.63. The van der Waals surface area contributed by atoms with E-state index in [0.29, 0.717) is 0 Å². The van der Waals surface area contributed by atoms with Crippen molar-refractivity contribution in [3.05, 3.63) is 84.7 Å². The van der Waals surface area contributed by atoms with Crippen LogP contribution in [0, 0.1) is 0 Å². The molecule has 0 spiro atoms. The monoisotopic (exact) mass is 480 g/mol. The number of nitrogens with zero attached hydrogens (tertiary/aromatic N) is 2. The number of rotatable bonds is 4. The van der Waals surface area contributed by atoms with E-state index >= 15 is 0 Å². The first-order valence-electron chi connectivity index (χ1n) is 7.65. The Morgan fingerprint density at radius 3 is 2.15 bits per heavy atom. The van der Waals surface area contributed by atoms with Gasteiger partial charge in [-0.1, -0.05) is 0 Å². The molecule has 0 unspecified atom stereocenters. The van der Waals surface area contributed by atoms with E-state index in [-0.39, 0.29) is 10.5 Å². The third kappa shape index (κ3) is 2.95. The van der Waals surface area contributed by atoms with E-state index in [0.717, 1.165) is 13.6 Å². The summed E-state index contributed by atoms with van der Waals surface area (Å²) in [5.74, 6) is -0.532. The molecular weight excluding hydrogens is 467 g/mol. The number of benzene rings is 2. The molecule has 132 valence electrons. The third-order valence-corrected chi connectivity index (χ3v) is 8.71. The average Bonchev–Trinajstić information content (AvgIpc) is 2.88. The molecule has 2 heterocycles. The van der Waals surface area contributed by atoms with Gasteiger partial charge in [-0.25, -0.2) is 0 Å². The fourth-order valence-electron chi connectivity index (χ4n) is 2.57. The van der Waals surface area contributed by atoms with Gasteiger partial charge in [-0.3, -0.25) is 0 Å². The molecule has 0 bridgehead atoms.